The highest BCUT2D eigenvalue weighted by atomic mass is 32.2. The maximum absolute atomic E-state index is 12.4. The summed E-state index contributed by atoms with van der Waals surface area (Å²) in [5.74, 6) is -0.558. The summed E-state index contributed by atoms with van der Waals surface area (Å²) in [6.45, 7) is 1.74. The molecule has 0 bridgehead atoms. The molecule has 0 heterocycles. The summed E-state index contributed by atoms with van der Waals surface area (Å²) in [4.78, 5) is 11.9. The number of thioether (sulfide) groups is 1. The van der Waals surface area contributed by atoms with Crippen molar-refractivity contribution in [2.75, 3.05) is 6.61 Å². The quantitative estimate of drug-likeness (QED) is 0.794. The topological polar surface area (TPSA) is 49.3 Å². The van der Waals surface area contributed by atoms with Crippen LogP contribution in [-0.2, 0) is 0 Å². The van der Waals surface area contributed by atoms with Crippen LogP contribution in [0.1, 0.15) is 30.1 Å². The first-order valence-electron chi connectivity index (χ1n) is 6.14. The molecule has 1 aromatic carbocycles. The van der Waals surface area contributed by atoms with Crippen LogP contribution < -0.4 is 5.32 Å². The molecule has 1 unspecified atom stereocenters. The Kier molecular flexibility index (Phi) is 6.35. The third kappa shape index (κ3) is 5.42. The zero-order valence-electron chi connectivity index (χ0n) is 10.9. The van der Waals surface area contributed by atoms with Crippen molar-refractivity contribution in [3.63, 3.8) is 0 Å². The molecule has 3 nitrogen and oxygen atoms in total. The van der Waals surface area contributed by atoms with E-state index in [4.69, 9.17) is 5.11 Å². The van der Waals surface area contributed by atoms with Gasteiger partial charge in [-0.2, -0.15) is 13.2 Å². The summed E-state index contributed by atoms with van der Waals surface area (Å²) < 4.78 is 37.3. The molecule has 112 valence electrons. The molecule has 0 saturated carbocycles. The normalized spacial score (nSPS) is 13.1. The summed E-state index contributed by atoms with van der Waals surface area (Å²) >= 11 is -0.306. The van der Waals surface area contributed by atoms with Gasteiger partial charge in [0.1, 0.15) is 0 Å². The summed E-state index contributed by atoms with van der Waals surface area (Å²) in [7, 11) is 0. The van der Waals surface area contributed by atoms with Crippen LogP contribution in [0.4, 0.5) is 13.2 Å². The minimum Gasteiger partial charge on any atom is -0.396 e. The van der Waals surface area contributed by atoms with Crippen molar-refractivity contribution in [3.8, 4) is 0 Å². The van der Waals surface area contributed by atoms with Gasteiger partial charge >= 0.3 is 5.51 Å². The number of hydrogen-bond acceptors (Lipinski definition) is 3. The fourth-order valence-corrected chi connectivity index (χ4v) is 2.33. The molecule has 1 amide bonds. The Morgan fingerprint density at radius 2 is 2.05 bits per heavy atom. The Labute approximate surface area is 119 Å². The number of halogens is 3. The SMILES string of the molecule is CCC(CCO)NC(=O)c1ccccc1SC(F)(F)F. The predicted molar refractivity (Wildman–Crippen MR) is 71.6 cm³/mol. The van der Waals surface area contributed by atoms with Crippen molar-refractivity contribution in [2.45, 2.75) is 36.2 Å². The number of rotatable bonds is 6. The lowest BCUT2D eigenvalue weighted by Gasteiger charge is -2.17. The lowest BCUT2D eigenvalue weighted by atomic mass is 10.1. The number of benzene rings is 1. The Morgan fingerprint density at radius 3 is 2.60 bits per heavy atom. The highest BCUT2D eigenvalue weighted by molar-refractivity contribution is 8.00. The van der Waals surface area contributed by atoms with Crippen molar-refractivity contribution < 1.29 is 23.1 Å². The van der Waals surface area contributed by atoms with Gasteiger partial charge in [-0.25, -0.2) is 0 Å². The van der Waals surface area contributed by atoms with Gasteiger partial charge in [0.2, 0.25) is 0 Å². The fourth-order valence-electron chi connectivity index (χ4n) is 1.67. The lowest BCUT2D eigenvalue weighted by molar-refractivity contribution is -0.0328. The molecule has 0 radical (unpaired) electrons. The van der Waals surface area contributed by atoms with Crippen LogP contribution in [0.3, 0.4) is 0 Å². The summed E-state index contributed by atoms with van der Waals surface area (Å²) in [6.07, 6.45) is 0.970. The third-order valence-electron chi connectivity index (χ3n) is 2.66. The van der Waals surface area contributed by atoms with E-state index in [9.17, 15) is 18.0 Å². The molecule has 0 saturated heterocycles. The van der Waals surface area contributed by atoms with Crippen molar-refractivity contribution in [3.05, 3.63) is 29.8 Å². The van der Waals surface area contributed by atoms with E-state index in [2.05, 4.69) is 5.32 Å². The molecule has 20 heavy (non-hydrogen) atoms. The maximum atomic E-state index is 12.4. The number of amides is 1. The molecular weight excluding hydrogens is 291 g/mol. The van der Waals surface area contributed by atoms with Gasteiger partial charge in [0.25, 0.3) is 5.91 Å². The highest BCUT2D eigenvalue weighted by Gasteiger charge is 2.31. The molecular formula is C13H16F3NO2S. The maximum Gasteiger partial charge on any atom is 0.446 e. The number of carbonyl (C=O) groups is 1. The second-order valence-electron chi connectivity index (χ2n) is 4.13. The number of carbonyl (C=O) groups excluding carboxylic acids is 1. The van der Waals surface area contributed by atoms with Crippen LogP contribution in [0, 0.1) is 0 Å². The summed E-state index contributed by atoms with van der Waals surface area (Å²) in [6, 6.07) is 5.34. The first kappa shape index (κ1) is 16.8. The molecule has 0 fully saturated rings. The molecule has 0 spiro atoms. The van der Waals surface area contributed by atoms with Crippen molar-refractivity contribution >= 4 is 17.7 Å². The van der Waals surface area contributed by atoms with Gasteiger partial charge in [0, 0.05) is 17.5 Å². The van der Waals surface area contributed by atoms with Gasteiger partial charge in [-0.15, -0.1) is 0 Å². The number of alkyl halides is 3. The molecule has 0 aromatic heterocycles. The molecule has 1 rings (SSSR count). The molecule has 0 aliphatic carbocycles. The van der Waals surface area contributed by atoms with E-state index in [-0.39, 0.29) is 34.9 Å². The number of hydrogen-bond donors (Lipinski definition) is 2. The zero-order valence-corrected chi connectivity index (χ0v) is 11.7. The standard InChI is InChI=1S/C13H16F3NO2S/c1-2-9(7-8-18)17-12(19)10-5-3-4-6-11(10)20-13(14,15)16/h3-6,9,18H,2,7-8H2,1H3,(H,17,19). The van der Waals surface area contributed by atoms with Crippen LogP contribution in [0.25, 0.3) is 0 Å². The van der Waals surface area contributed by atoms with E-state index in [0.717, 1.165) is 0 Å². The molecule has 7 heteroatoms. The summed E-state index contributed by atoms with van der Waals surface area (Å²) in [5, 5.41) is 11.5. The molecule has 1 aromatic rings. The van der Waals surface area contributed by atoms with Crippen LogP contribution in [0.15, 0.2) is 29.2 Å². The minimum atomic E-state index is -4.44. The van der Waals surface area contributed by atoms with Crippen LogP contribution >= 0.6 is 11.8 Å². The average Bonchev–Trinajstić information content (AvgIpc) is 2.36. The van der Waals surface area contributed by atoms with E-state index in [1.54, 1.807) is 0 Å². The third-order valence-corrected chi connectivity index (χ3v) is 3.47. The largest absolute Gasteiger partial charge is 0.446 e. The van der Waals surface area contributed by atoms with E-state index in [1.165, 1.54) is 24.3 Å². The highest BCUT2D eigenvalue weighted by Crippen LogP contribution is 2.38. The Balaban J connectivity index is 2.87. The second kappa shape index (κ2) is 7.54. The number of aliphatic hydroxyl groups is 1. The van der Waals surface area contributed by atoms with Gasteiger partial charge in [-0.05, 0) is 36.7 Å². The first-order chi connectivity index (χ1) is 9.37. The Morgan fingerprint density at radius 1 is 1.40 bits per heavy atom. The van der Waals surface area contributed by atoms with E-state index in [1.807, 2.05) is 6.92 Å². The Hall–Kier alpha value is -1.21. The van der Waals surface area contributed by atoms with Crippen LogP contribution in [-0.4, -0.2) is 29.2 Å². The molecule has 0 aliphatic rings. The van der Waals surface area contributed by atoms with E-state index < -0.39 is 11.4 Å². The second-order valence-corrected chi connectivity index (χ2v) is 5.24. The van der Waals surface area contributed by atoms with Gasteiger partial charge in [-0.1, -0.05) is 19.1 Å². The molecule has 2 N–H and O–H groups in total. The van der Waals surface area contributed by atoms with Gasteiger partial charge in [-0.3, -0.25) is 4.79 Å². The van der Waals surface area contributed by atoms with Crippen LogP contribution in [0.2, 0.25) is 0 Å². The van der Waals surface area contributed by atoms with Crippen molar-refractivity contribution in [2.24, 2.45) is 0 Å². The van der Waals surface area contributed by atoms with Gasteiger partial charge in [0.05, 0.1) is 5.56 Å². The van der Waals surface area contributed by atoms with Gasteiger partial charge < -0.3 is 10.4 Å². The lowest BCUT2D eigenvalue weighted by Crippen LogP contribution is -2.35. The fraction of sp³-hybridized carbons (Fsp3) is 0.462. The zero-order chi connectivity index (χ0) is 15.2. The molecule has 0 aliphatic heterocycles. The van der Waals surface area contributed by atoms with Crippen LogP contribution in [0.5, 0.6) is 0 Å². The smallest absolute Gasteiger partial charge is 0.396 e. The molecule has 1 atom stereocenters. The predicted octanol–water partition coefficient (Wildman–Crippen LogP) is 3.19. The first-order valence-corrected chi connectivity index (χ1v) is 6.95. The van der Waals surface area contributed by atoms with Crippen molar-refractivity contribution in [1.82, 2.24) is 5.32 Å². The van der Waals surface area contributed by atoms with E-state index >= 15 is 0 Å². The minimum absolute atomic E-state index is 0.00813. The van der Waals surface area contributed by atoms with E-state index in [0.29, 0.717) is 12.8 Å². The summed E-state index contributed by atoms with van der Waals surface area (Å²) in [5.41, 5.74) is -4.45. The monoisotopic (exact) mass is 307 g/mol. The Bertz CT molecular complexity index is 451. The number of aliphatic hydroxyl groups excluding tert-OH is 1. The average molecular weight is 307 g/mol. The number of nitrogens with one attached hydrogen (secondary N) is 1. The van der Waals surface area contributed by atoms with Gasteiger partial charge in [0.15, 0.2) is 0 Å². The van der Waals surface area contributed by atoms with Crippen molar-refractivity contribution in [1.29, 1.82) is 0 Å².